The molecule has 1 aliphatic heterocycles. The van der Waals surface area contributed by atoms with Crippen molar-refractivity contribution < 1.29 is 14.6 Å². The summed E-state index contributed by atoms with van der Waals surface area (Å²) >= 11 is 6.22. The first-order valence-corrected chi connectivity index (χ1v) is 11.9. The molecule has 182 valence electrons. The minimum Gasteiger partial charge on any atom is -0.501 e. The Kier molecular flexibility index (Phi) is 8.62. The molecule has 2 N–H and O–H groups in total. The number of carbonyl (C=O) groups is 1. The van der Waals surface area contributed by atoms with Crippen LogP contribution in [0.4, 0.5) is 0 Å². The molecule has 0 saturated carbocycles. The minimum atomic E-state index is -0.848. The molecule has 1 fully saturated rings. The minimum absolute atomic E-state index is 0.0340. The van der Waals surface area contributed by atoms with Crippen LogP contribution in [0.1, 0.15) is 50.4 Å². The fraction of sp³-hybridized carbons (Fsp3) is 0.583. The molecule has 1 unspecified atom stereocenters. The van der Waals surface area contributed by atoms with Crippen molar-refractivity contribution >= 4 is 17.5 Å². The van der Waals surface area contributed by atoms with Crippen molar-refractivity contribution in [3.05, 3.63) is 51.7 Å². The largest absolute Gasteiger partial charge is 0.501 e. The van der Waals surface area contributed by atoms with Gasteiger partial charge in [0.15, 0.2) is 0 Å². The standard InChI is InChI=1S/C24H36ClN5O3/c1-6-21-17(4)30(27-23(21)24(32)26-16(2)3)15-22(31)29-11-9-28(10-12-29)19-8-7-18(25)13-20(14-19)33-5/h7-8,14,16,24,26,32H,6,9-13,15H2,1-5H3. The number of hydrogen-bond acceptors (Lipinski definition) is 6. The molecule has 1 aromatic rings. The maximum absolute atomic E-state index is 13.1. The van der Waals surface area contributed by atoms with Gasteiger partial charge in [0.05, 0.1) is 7.11 Å². The van der Waals surface area contributed by atoms with Crippen molar-refractivity contribution in [2.45, 2.75) is 59.4 Å². The number of nitrogens with zero attached hydrogens (tertiary/aromatic N) is 4. The number of carbonyl (C=O) groups excluding carboxylic acids is 1. The number of halogens is 1. The zero-order valence-corrected chi connectivity index (χ0v) is 21.0. The lowest BCUT2D eigenvalue weighted by atomic mass is 10.1. The predicted octanol–water partition coefficient (Wildman–Crippen LogP) is 2.83. The van der Waals surface area contributed by atoms with Crippen molar-refractivity contribution in [1.82, 2.24) is 24.9 Å². The predicted molar refractivity (Wildman–Crippen MR) is 129 cm³/mol. The molecule has 3 rings (SSSR count). The summed E-state index contributed by atoms with van der Waals surface area (Å²) in [6.45, 7) is 10.8. The van der Waals surface area contributed by atoms with Crippen LogP contribution >= 0.6 is 11.6 Å². The third-order valence-corrected chi connectivity index (χ3v) is 6.36. The molecule has 8 nitrogen and oxygen atoms in total. The van der Waals surface area contributed by atoms with Gasteiger partial charge < -0.3 is 19.6 Å². The number of amides is 1. The van der Waals surface area contributed by atoms with Crippen molar-refractivity contribution in [3.63, 3.8) is 0 Å². The van der Waals surface area contributed by atoms with Gasteiger partial charge >= 0.3 is 0 Å². The van der Waals surface area contributed by atoms with Crippen molar-refractivity contribution in [2.75, 3.05) is 33.3 Å². The summed E-state index contributed by atoms with van der Waals surface area (Å²) < 4.78 is 7.15. The van der Waals surface area contributed by atoms with Crippen molar-refractivity contribution in [1.29, 1.82) is 0 Å². The lowest BCUT2D eigenvalue weighted by Crippen LogP contribution is -2.49. The fourth-order valence-corrected chi connectivity index (χ4v) is 4.44. The van der Waals surface area contributed by atoms with Gasteiger partial charge in [0.25, 0.3) is 0 Å². The van der Waals surface area contributed by atoms with Crippen LogP contribution in [0.15, 0.2) is 34.7 Å². The summed E-state index contributed by atoms with van der Waals surface area (Å²) in [6, 6.07) is 0.123. The van der Waals surface area contributed by atoms with E-state index < -0.39 is 6.23 Å². The van der Waals surface area contributed by atoms with E-state index in [9.17, 15) is 9.90 Å². The smallest absolute Gasteiger partial charge is 0.244 e. The maximum Gasteiger partial charge on any atom is 0.244 e. The molecule has 2 aliphatic rings. The fourth-order valence-electron chi connectivity index (χ4n) is 4.25. The summed E-state index contributed by atoms with van der Waals surface area (Å²) in [5.74, 6) is 0.857. The van der Waals surface area contributed by atoms with E-state index in [1.165, 1.54) is 0 Å². The Balaban J connectivity index is 1.64. The molecule has 1 atom stereocenters. The van der Waals surface area contributed by atoms with Gasteiger partial charge in [0.2, 0.25) is 5.91 Å². The van der Waals surface area contributed by atoms with Gasteiger partial charge in [0.1, 0.15) is 24.2 Å². The molecule has 0 radical (unpaired) electrons. The zero-order chi connectivity index (χ0) is 24.1. The topological polar surface area (TPSA) is 82.9 Å². The second-order valence-electron chi connectivity index (χ2n) is 8.75. The molecule has 0 aromatic carbocycles. The van der Waals surface area contributed by atoms with Crippen molar-refractivity contribution in [2.24, 2.45) is 0 Å². The molecule has 1 aromatic heterocycles. The Morgan fingerprint density at radius 1 is 1.27 bits per heavy atom. The third kappa shape index (κ3) is 6.19. The van der Waals surface area contributed by atoms with E-state index in [2.05, 4.69) is 15.3 Å². The van der Waals surface area contributed by atoms with E-state index in [-0.39, 0.29) is 18.5 Å². The average Bonchev–Trinajstić information content (AvgIpc) is 2.97. The number of nitrogens with one attached hydrogen (secondary N) is 1. The highest BCUT2D eigenvalue weighted by atomic mass is 35.5. The number of hydrogen-bond donors (Lipinski definition) is 2. The van der Waals surface area contributed by atoms with E-state index in [1.54, 1.807) is 11.8 Å². The highest BCUT2D eigenvalue weighted by Crippen LogP contribution is 2.24. The zero-order valence-electron chi connectivity index (χ0n) is 20.3. The number of piperazine rings is 1. The summed E-state index contributed by atoms with van der Waals surface area (Å²) in [7, 11) is 1.65. The van der Waals surface area contributed by atoms with Gasteiger partial charge in [-0.3, -0.25) is 14.8 Å². The van der Waals surface area contributed by atoms with Crippen LogP contribution < -0.4 is 5.32 Å². The number of rotatable bonds is 8. The number of aliphatic hydroxyl groups is 1. The van der Waals surface area contributed by atoms with E-state index in [0.29, 0.717) is 25.2 Å². The molecule has 33 heavy (non-hydrogen) atoms. The molecule has 2 heterocycles. The average molecular weight is 478 g/mol. The van der Waals surface area contributed by atoms with E-state index in [0.717, 1.165) is 47.3 Å². The molecule has 1 amide bonds. The lowest BCUT2D eigenvalue weighted by Gasteiger charge is -2.36. The van der Waals surface area contributed by atoms with E-state index >= 15 is 0 Å². The van der Waals surface area contributed by atoms with E-state index in [4.69, 9.17) is 16.3 Å². The Bertz CT molecular complexity index is 942. The molecule has 0 spiro atoms. The number of aliphatic hydroxyl groups excluding tert-OH is 1. The Morgan fingerprint density at radius 2 is 1.97 bits per heavy atom. The van der Waals surface area contributed by atoms with Crippen LogP contribution in [-0.4, -0.2) is 69.9 Å². The monoisotopic (exact) mass is 477 g/mol. The molecule has 1 aliphatic carbocycles. The number of aromatic nitrogens is 2. The van der Waals surface area contributed by atoms with Crippen LogP contribution in [0.3, 0.4) is 0 Å². The Morgan fingerprint density at radius 3 is 2.58 bits per heavy atom. The van der Waals surface area contributed by atoms with Crippen LogP contribution in [-0.2, 0) is 22.5 Å². The second-order valence-corrected chi connectivity index (χ2v) is 9.23. The highest BCUT2D eigenvalue weighted by Gasteiger charge is 2.25. The van der Waals surface area contributed by atoms with Gasteiger partial charge in [-0.25, -0.2) is 0 Å². The van der Waals surface area contributed by atoms with E-state index in [1.807, 2.05) is 50.8 Å². The molecular weight excluding hydrogens is 442 g/mol. The van der Waals surface area contributed by atoms with Crippen LogP contribution in [0, 0.1) is 6.92 Å². The summed E-state index contributed by atoms with van der Waals surface area (Å²) in [6.07, 6.45) is 6.41. The number of ether oxygens (including phenoxy) is 1. The second kappa shape index (κ2) is 11.2. The Hall–Kier alpha value is -2.29. The molecular formula is C24H36ClN5O3. The van der Waals surface area contributed by atoms with Crippen LogP contribution in [0.5, 0.6) is 0 Å². The van der Waals surface area contributed by atoms with Crippen molar-refractivity contribution in [3.8, 4) is 0 Å². The summed E-state index contributed by atoms with van der Waals surface area (Å²) in [5.41, 5.74) is 3.56. The van der Waals surface area contributed by atoms with Gasteiger partial charge in [-0.2, -0.15) is 5.10 Å². The highest BCUT2D eigenvalue weighted by molar-refractivity contribution is 6.29. The summed E-state index contributed by atoms with van der Waals surface area (Å²) in [5, 5.41) is 18.9. The van der Waals surface area contributed by atoms with Crippen LogP contribution in [0.25, 0.3) is 0 Å². The van der Waals surface area contributed by atoms with Gasteiger partial charge in [-0.05, 0) is 45.4 Å². The van der Waals surface area contributed by atoms with Gasteiger partial charge in [-0.1, -0.05) is 18.5 Å². The first kappa shape index (κ1) is 25.3. The lowest BCUT2D eigenvalue weighted by molar-refractivity contribution is -0.133. The summed E-state index contributed by atoms with van der Waals surface area (Å²) in [4.78, 5) is 17.2. The first-order valence-electron chi connectivity index (χ1n) is 11.6. The number of methoxy groups -OCH3 is 1. The van der Waals surface area contributed by atoms with Gasteiger partial charge in [-0.15, -0.1) is 0 Å². The maximum atomic E-state index is 13.1. The first-order chi connectivity index (χ1) is 15.7. The molecule has 1 saturated heterocycles. The quantitative estimate of drug-likeness (QED) is 0.560. The normalized spacial score (nSPS) is 18.0. The molecule has 9 heteroatoms. The van der Waals surface area contributed by atoms with Gasteiger partial charge in [0, 0.05) is 60.6 Å². The third-order valence-electron chi connectivity index (χ3n) is 6.10. The Labute approximate surface area is 201 Å². The molecule has 0 bridgehead atoms. The van der Waals surface area contributed by atoms with Crippen LogP contribution in [0.2, 0.25) is 0 Å². The SMILES string of the molecule is CCc1c(C(O)NC(C)C)nn(CC(=O)N2CCN(C3=CC=C(Cl)CC(OC)=C3)CC2)c1C. The number of allylic oxidation sites excluding steroid dienone is 4.